The molecule has 7 heteroatoms. The molecule has 0 aliphatic carbocycles. The van der Waals surface area contributed by atoms with Gasteiger partial charge in [-0.3, -0.25) is 4.79 Å². The fraction of sp³-hybridized carbons (Fsp3) is 0.727. The Hall–Kier alpha value is -1.79. The summed E-state index contributed by atoms with van der Waals surface area (Å²) < 4.78 is 8.83. The van der Waals surface area contributed by atoms with Gasteiger partial charge in [0, 0.05) is 6.42 Å². The molecule has 0 aromatic carbocycles. The van der Waals surface area contributed by atoms with Crippen LogP contribution in [0.2, 0.25) is 0 Å². The molecule has 0 aromatic rings. The number of carboxylic acid groups (broad SMARTS) is 1. The van der Waals surface area contributed by atoms with Crippen LogP contribution < -0.4 is 5.32 Å². The van der Waals surface area contributed by atoms with Crippen LogP contribution in [-0.2, 0) is 19.1 Å². The van der Waals surface area contributed by atoms with E-state index in [1.807, 2.05) is 0 Å². The Morgan fingerprint density at radius 1 is 1.28 bits per heavy atom. The molecular formula is C11H19NO6. The number of aliphatic carboxylic acids is 1. The quantitative estimate of drug-likeness (QED) is 0.518. The summed E-state index contributed by atoms with van der Waals surface area (Å²) in [6.45, 7) is 3.47. The summed E-state index contributed by atoms with van der Waals surface area (Å²) in [5.41, 5.74) is 0. The van der Waals surface area contributed by atoms with E-state index in [0.717, 1.165) is 0 Å². The third-order valence-electron chi connectivity index (χ3n) is 2.18. The van der Waals surface area contributed by atoms with Crippen molar-refractivity contribution < 1.29 is 29.0 Å². The van der Waals surface area contributed by atoms with Gasteiger partial charge in [0.2, 0.25) is 5.91 Å². The van der Waals surface area contributed by atoms with Crippen LogP contribution in [0.25, 0.3) is 0 Å². The van der Waals surface area contributed by atoms with Crippen LogP contribution >= 0.6 is 0 Å². The molecule has 18 heavy (non-hydrogen) atoms. The number of ether oxygens (including phenoxy) is 2. The van der Waals surface area contributed by atoms with Crippen LogP contribution in [-0.4, -0.2) is 42.9 Å². The average molecular weight is 261 g/mol. The molecule has 0 spiro atoms. The van der Waals surface area contributed by atoms with Gasteiger partial charge in [0.15, 0.2) is 0 Å². The van der Waals surface area contributed by atoms with Crippen molar-refractivity contribution in [3.8, 4) is 0 Å². The molecule has 0 heterocycles. The summed E-state index contributed by atoms with van der Waals surface area (Å²) >= 11 is 0. The van der Waals surface area contributed by atoms with Gasteiger partial charge in [-0.05, 0) is 12.3 Å². The Bertz CT molecular complexity index is 302. The van der Waals surface area contributed by atoms with Gasteiger partial charge in [0.25, 0.3) is 0 Å². The number of carbonyl (C=O) groups is 3. The second-order valence-electron chi connectivity index (χ2n) is 4.03. The molecule has 0 rings (SSSR count). The standard InChI is InChI=1S/C11H19NO6/c1-7(2)9(10(14)15)12-8(13)5-4-6-18-11(16)17-3/h7,9H,4-6H2,1-3H3,(H,12,13)(H,14,15). The molecule has 0 fully saturated rings. The van der Waals surface area contributed by atoms with Gasteiger partial charge in [-0.2, -0.15) is 0 Å². The van der Waals surface area contributed by atoms with E-state index in [4.69, 9.17) is 5.11 Å². The van der Waals surface area contributed by atoms with Gasteiger partial charge < -0.3 is 19.9 Å². The van der Waals surface area contributed by atoms with E-state index in [1.54, 1.807) is 13.8 Å². The Kier molecular flexibility index (Phi) is 7.50. The molecule has 0 aliphatic rings. The summed E-state index contributed by atoms with van der Waals surface area (Å²) in [5.74, 6) is -1.65. The minimum Gasteiger partial charge on any atom is -0.480 e. The number of rotatable bonds is 7. The van der Waals surface area contributed by atoms with Crippen molar-refractivity contribution in [1.29, 1.82) is 0 Å². The molecule has 7 nitrogen and oxygen atoms in total. The molecule has 0 radical (unpaired) electrons. The molecular weight excluding hydrogens is 242 g/mol. The fourth-order valence-electron chi connectivity index (χ4n) is 1.21. The highest BCUT2D eigenvalue weighted by Crippen LogP contribution is 2.02. The largest absolute Gasteiger partial charge is 0.507 e. The third kappa shape index (κ3) is 6.72. The number of methoxy groups -OCH3 is 1. The highest BCUT2D eigenvalue weighted by Gasteiger charge is 2.22. The summed E-state index contributed by atoms with van der Waals surface area (Å²) in [7, 11) is 1.19. The smallest absolute Gasteiger partial charge is 0.480 e. The monoisotopic (exact) mass is 261 g/mol. The summed E-state index contributed by atoms with van der Waals surface area (Å²) in [6, 6.07) is -0.904. The predicted octanol–water partition coefficient (Wildman–Crippen LogP) is 0.775. The molecule has 2 N–H and O–H groups in total. The molecule has 1 atom stereocenters. The van der Waals surface area contributed by atoms with Crippen molar-refractivity contribution in [2.75, 3.05) is 13.7 Å². The van der Waals surface area contributed by atoms with Crippen LogP contribution in [0.3, 0.4) is 0 Å². The zero-order valence-corrected chi connectivity index (χ0v) is 10.8. The maximum absolute atomic E-state index is 11.4. The van der Waals surface area contributed by atoms with E-state index in [9.17, 15) is 14.4 Å². The Morgan fingerprint density at radius 2 is 1.89 bits per heavy atom. The number of carbonyl (C=O) groups excluding carboxylic acids is 2. The average Bonchev–Trinajstić information content (AvgIpc) is 2.30. The lowest BCUT2D eigenvalue weighted by atomic mass is 10.0. The zero-order valence-electron chi connectivity index (χ0n) is 10.8. The van der Waals surface area contributed by atoms with Crippen molar-refractivity contribution >= 4 is 18.0 Å². The summed E-state index contributed by atoms with van der Waals surface area (Å²) in [6.07, 6.45) is -0.403. The number of carboxylic acids is 1. The van der Waals surface area contributed by atoms with Crippen LogP contribution in [0.15, 0.2) is 0 Å². The topological polar surface area (TPSA) is 102 Å². The van der Waals surface area contributed by atoms with Gasteiger partial charge in [0.05, 0.1) is 13.7 Å². The van der Waals surface area contributed by atoms with E-state index in [0.29, 0.717) is 6.42 Å². The van der Waals surface area contributed by atoms with E-state index in [2.05, 4.69) is 14.8 Å². The first-order valence-corrected chi connectivity index (χ1v) is 5.61. The first-order chi connectivity index (χ1) is 8.38. The summed E-state index contributed by atoms with van der Waals surface area (Å²) in [4.78, 5) is 32.9. The fourth-order valence-corrected chi connectivity index (χ4v) is 1.21. The van der Waals surface area contributed by atoms with Gasteiger partial charge in [-0.15, -0.1) is 0 Å². The van der Waals surface area contributed by atoms with Crippen LogP contribution in [0.1, 0.15) is 26.7 Å². The molecule has 0 aromatic heterocycles. The van der Waals surface area contributed by atoms with Gasteiger partial charge >= 0.3 is 12.1 Å². The molecule has 1 unspecified atom stereocenters. The zero-order chi connectivity index (χ0) is 14.1. The summed E-state index contributed by atoms with van der Waals surface area (Å²) in [5, 5.41) is 11.3. The molecule has 1 amide bonds. The predicted molar refractivity (Wildman–Crippen MR) is 62.0 cm³/mol. The lowest BCUT2D eigenvalue weighted by Gasteiger charge is -2.17. The minimum atomic E-state index is -1.07. The molecule has 0 saturated carbocycles. The second-order valence-corrected chi connectivity index (χ2v) is 4.03. The van der Waals surface area contributed by atoms with Crippen molar-refractivity contribution in [3.05, 3.63) is 0 Å². The van der Waals surface area contributed by atoms with Crippen LogP contribution in [0, 0.1) is 5.92 Å². The maximum Gasteiger partial charge on any atom is 0.507 e. The Labute approximate surface area is 105 Å². The van der Waals surface area contributed by atoms with E-state index < -0.39 is 18.2 Å². The minimum absolute atomic E-state index is 0.0551. The van der Waals surface area contributed by atoms with Crippen molar-refractivity contribution in [1.82, 2.24) is 5.32 Å². The lowest BCUT2D eigenvalue weighted by Crippen LogP contribution is -2.44. The van der Waals surface area contributed by atoms with Crippen molar-refractivity contribution in [3.63, 3.8) is 0 Å². The van der Waals surface area contributed by atoms with Crippen molar-refractivity contribution in [2.24, 2.45) is 5.92 Å². The maximum atomic E-state index is 11.4. The van der Waals surface area contributed by atoms with Gasteiger partial charge in [-0.25, -0.2) is 9.59 Å². The lowest BCUT2D eigenvalue weighted by molar-refractivity contribution is -0.143. The number of nitrogens with one attached hydrogen (secondary N) is 1. The SMILES string of the molecule is COC(=O)OCCCC(=O)NC(C(=O)O)C(C)C. The van der Waals surface area contributed by atoms with Crippen LogP contribution in [0.5, 0.6) is 0 Å². The Morgan fingerprint density at radius 3 is 2.33 bits per heavy atom. The van der Waals surface area contributed by atoms with Crippen molar-refractivity contribution in [2.45, 2.75) is 32.7 Å². The number of hydrogen-bond donors (Lipinski definition) is 2. The van der Waals surface area contributed by atoms with E-state index in [1.165, 1.54) is 7.11 Å². The van der Waals surface area contributed by atoms with Gasteiger partial charge in [-0.1, -0.05) is 13.8 Å². The van der Waals surface area contributed by atoms with Gasteiger partial charge in [0.1, 0.15) is 6.04 Å². The second kappa shape index (κ2) is 8.32. The highest BCUT2D eigenvalue weighted by atomic mass is 16.7. The normalized spacial score (nSPS) is 11.8. The Balaban J connectivity index is 3.89. The molecule has 0 bridgehead atoms. The molecule has 0 aliphatic heterocycles. The molecule has 0 saturated heterocycles. The third-order valence-corrected chi connectivity index (χ3v) is 2.18. The first kappa shape index (κ1) is 16.2. The molecule has 104 valence electrons. The van der Waals surface area contributed by atoms with E-state index >= 15 is 0 Å². The van der Waals surface area contributed by atoms with Crippen LogP contribution in [0.4, 0.5) is 4.79 Å². The number of hydrogen-bond acceptors (Lipinski definition) is 5. The first-order valence-electron chi connectivity index (χ1n) is 5.61. The van der Waals surface area contributed by atoms with E-state index in [-0.39, 0.29) is 24.9 Å². The highest BCUT2D eigenvalue weighted by molar-refractivity contribution is 5.83. The number of amides is 1.